The van der Waals surface area contributed by atoms with Gasteiger partial charge in [0.1, 0.15) is 0 Å². The van der Waals surface area contributed by atoms with E-state index in [1.807, 2.05) is 7.05 Å². The van der Waals surface area contributed by atoms with Crippen LogP contribution in [-0.2, 0) is 4.79 Å². The third-order valence-corrected chi connectivity index (χ3v) is 3.52. The summed E-state index contributed by atoms with van der Waals surface area (Å²) in [5.41, 5.74) is 0.239. The molecule has 0 aromatic carbocycles. The van der Waals surface area contributed by atoms with Gasteiger partial charge in [0.05, 0.1) is 5.92 Å². The number of piperidine rings is 1. The molecule has 1 saturated heterocycles. The van der Waals surface area contributed by atoms with E-state index in [1.54, 1.807) is 6.92 Å². The fourth-order valence-electron chi connectivity index (χ4n) is 1.94. The van der Waals surface area contributed by atoms with E-state index in [4.69, 9.17) is 5.11 Å². The molecule has 4 nitrogen and oxygen atoms in total. The second kappa shape index (κ2) is 4.94. The van der Waals surface area contributed by atoms with Crippen LogP contribution in [0.3, 0.4) is 0 Å². The van der Waals surface area contributed by atoms with Gasteiger partial charge in [-0.2, -0.15) is 0 Å². The van der Waals surface area contributed by atoms with Crippen molar-refractivity contribution < 1.29 is 9.90 Å². The summed E-state index contributed by atoms with van der Waals surface area (Å²) in [6.07, 6.45) is 2.19. The Labute approximate surface area is 91.6 Å². The van der Waals surface area contributed by atoms with Crippen LogP contribution in [0.15, 0.2) is 0 Å². The number of aliphatic carboxylic acids is 1. The van der Waals surface area contributed by atoms with E-state index >= 15 is 0 Å². The smallest absolute Gasteiger partial charge is 0.307 e. The first-order valence-electron chi connectivity index (χ1n) is 5.61. The molecule has 1 fully saturated rings. The molecule has 0 bridgehead atoms. The molecule has 1 rings (SSSR count). The molecule has 2 N–H and O–H groups in total. The summed E-state index contributed by atoms with van der Waals surface area (Å²) in [6, 6.07) is 0. The van der Waals surface area contributed by atoms with Crippen molar-refractivity contribution in [2.45, 2.75) is 32.2 Å². The molecule has 0 aromatic heterocycles. The van der Waals surface area contributed by atoms with Gasteiger partial charge in [-0.15, -0.1) is 0 Å². The fraction of sp³-hybridized carbons (Fsp3) is 0.909. The highest BCUT2D eigenvalue weighted by Crippen LogP contribution is 2.21. The van der Waals surface area contributed by atoms with Crippen LogP contribution in [0.1, 0.15) is 26.7 Å². The SMILES string of the molecule is CNC1(C)CCN(CC(C)C(=O)O)CC1. The second-order valence-electron chi connectivity index (χ2n) is 4.85. The molecule has 0 aromatic rings. The normalized spacial score (nSPS) is 23.7. The zero-order chi connectivity index (χ0) is 11.5. The van der Waals surface area contributed by atoms with Crippen LogP contribution in [0.5, 0.6) is 0 Å². The molecule has 4 heteroatoms. The predicted molar refractivity (Wildman–Crippen MR) is 59.9 cm³/mol. The van der Waals surface area contributed by atoms with E-state index < -0.39 is 5.97 Å². The number of nitrogens with zero attached hydrogens (tertiary/aromatic N) is 1. The lowest BCUT2D eigenvalue weighted by Gasteiger charge is -2.39. The van der Waals surface area contributed by atoms with Crippen molar-refractivity contribution in [1.82, 2.24) is 10.2 Å². The minimum absolute atomic E-state index is 0.239. The van der Waals surface area contributed by atoms with Crippen molar-refractivity contribution in [2.24, 2.45) is 5.92 Å². The number of carboxylic acid groups (broad SMARTS) is 1. The maximum absolute atomic E-state index is 10.7. The largest absolute Gasteiger partial charge is 0.481 e. The van der Waals surface area contributed by atoms with Gasteiger partial charge in [0, 0.05) is 12.1 Å². The summed E-state index contributed by atoms with van der Waals surface area (Å²) >= 11 is 0. The molecule has 0 radical (unpaired) electrons. The Kier molecular flexibility index (Phi) is 4.11. The van der Waals surface area contributed by atoms with E-state index in [-0.39, 0.29) is 11.5 Å². The van der Waals surface area contributed by atoms with Crippen LogP contribution in [0.4, 0.5) is 0 Å². The standard InChI is InChI=1S/C11H22N2O2/c1-9(10(14)15)8-13-6-4-11(2,12-3)5-7-13/h9,12H,4-8H2,1-3H3,(H,14,15). The van der Waals surface area contributed by atoms with Crippen molar-refractivity contribution in [3.63, 3.8) is 0 Å². The van der Waals surface area contributed by atoms with Gasteiger partial charge in [-0.3, -0.25) is 4.79 Å². The van der Waals surface area contributed by atoms with Gasteiger partial charge in [0.15, 0.2) is 0 Å². The molecular weight excluding hydrogens is 192 g/mol. The lowest BCUT2D eigenvalue weighted by molar-refractivity contribution is -0.141. The molecule has 15 heavy (non-hydrogen) atoms. The van der Waals surface area contributed by atoms with Crippen LogP contribution in [0.2, 0.25) is 0 Å². The summed E-state index contributed by atoms with van der Waals surface area (Å²) < 4.78 is 0. The van der Waals surface area contributed by atoms with E-state index in [0.717, 1.165) is 25.9 Å². The van der Waals surface area contributed by atoms with Crippen molar-refractivity contribution in [3.8, 4) is 0 Å². The first-order valence-corrected chi connectivity index (χ1v) is 5.61. The minimum Gasteiger partial charge on any atom is -0.481 e. The summed E-state index contributed by atoms with van der Waals surface area (Å²) in [5.74, 6) is -0.958. The molecule has 1 atom stereocenters. The van der Waals surface area contributed by atoms with E-state index in [2.05, 4.69) is 17.1 Å². The van der Waals surface area contributed by atoms with E-state index in [1.165, 1.54) is 0 Å². The molecule has 0 saturated carbocycles. The molecule has 1 aliphatic rings. The van der Waals surface area contributed by atoms with Crippen molar-refractivity contribution in [3.05, 3.63) is 0 Å². The molecule has 0 spiro atoms. The maximum atomic E-state index is 10.7. The molecule has 1 aliphatic heterocycles. The first-order chi connectivity index (χ1) is 6.97. The second-order valence-corrected chi connectivity index (χ2v) is 4.85. The quantitative estimate of drug-likeness (QED) is 0.726. The summed E-state index contributed by atoms with van der Waals surface area (Å²) in [6.45, 7) is 6.66. The number of carboxylic acids is 1. The minimum atomic E-state index is -0.697. The number of hydrogen-bond donors (Lipinski definition) is 2. The van der Waals surface area contributed by atoms with Gasteiger partial charge in [0.2, 0.25) is 0 Å². The zero-order valence-corrected chi connectivity index (χ0v) is 9.92. The summed E-state index contributed by atoms with van der Waals surface area (Å²) in [4.78, 5) is 13.0. The van der Waals surface area contributed by atoms with Crippen LogP contribution in [0.25, 0.3) is 0 Å². The Morgan fingerprint density at radius 2 is 2.07 bits per heavy atom. The predicted octanol–water partition coefficient (Wildman–Crippen LogP) is 0.781. The maximum Gasteiger partial charge on any atom is 0.307 e. The Balaban J connectivity index is 2.35. The third kappa shape index (κ3) is 3.47. The van der Waals surface area contributed by atoms with Gasteiger partial charge >= 0.3 is 5.97 Å². The van der Waals surface area contributed by atoms with Crippen molar-refractivity contribution in [1.29, 1.82) is 0 Å². The Bertz CT molecular complexity index is 223. The van der Waals surface area contributed by atoms with Gasteiger partial charge in [-0.1, -0.05) is 6.92 Å². The number of carbonyl (C=O) groups is 1. The molecule has 0 amide bonds. The molecular formula is C11H22N2O2. The Morgan fingerprint density at radius 3 is 2.47 bits per heavy atom. The fourth-order valence-corrected chi connectivity index (χ4v) is 1.94. The highest BCUT2D eigenvalue weighted by molar-refractivity contribution is 5.69. The lowest BCUT2D eigenvalue weighted by atomic mass is 9.89. The summed E-state index contributed by atoms with van der Waals surface area (Å²) in [5, 5.41) is 12.2. The van der Waals surface area contributed by atoms with Crippen molar-refractivity contribution >= 4 is 5.97 Å². The van der Waals surface area contributed by atoms with Crippen LogP contribution < -0.4 is 5.32 Å². The van der Waals surface area contributed by atoms with Crippen LogP contribution >= 0.6 is 0 Å². The van der Waals surface area contributed by atoms with Gasteiger partial charge < -0.3 is 15.3 Å². The number of rotatable bonds is 4. The van der Waals surface area contributed by atoms with Gasteiger partial charge in [-0.05, 0) is 39.9 Å². The average Bonchev–Trinajstić information content (AvgIpc) is 2.21. The number of nitrogens with one attached hydrogen (secondary N) is 1. The lowest BCUT2D eigenvalue weighted by Crippen LogP contribution is -2.50. The number of likely N-dealkylation sites (tertiary alicyclic amines) is 1. The monoisotopic (exact) mass is 214 g/mol. The van der Waals surface area contributed by atoms with Crippen LogP contribution in [-0.4, -0.2) is 48.2 Å². The van der Waals surface area contributed by atoms with Crippen molar-refractivity contribution in [2.75, 3.05) is 26.7 Å². The average molecular weight is 214 g/mol. The number of hydrogen-bond acceptors (Lipinski definition) is 3. The Hall–Kier alpha value is -0.610. The molecule has 1 heterocycles. The van der Waals surface area contributed by atoms with Gasteiger partial charge in [-0.25, -0.2) is 0 Å². The molecule has 88 valence electrons. The van der Waals surface area contributed by atoms with Gasteiger partial charge in [0.25, 0.3) is 0 Å². The molecule has 0 aliphatic carbocycles. The third-order valence-electron chi connectivity index (χ3n) is 3.52. The van der Waals surface area contributed by atoms with E-state index in [9.17, 15) is 4.79 Å². The molecule has 1 unspecified atom stereocenters. The summed E-state index contributed by atoms with van der Waals surface area (Å²) in [7, 11) is 2.00. The highest BCUT2D eigenvalue weighted by atomic mass is 16.4. The van der Waals surface area contributed by atoms with Crippen LogP contribution in [0, 0.1) is 5.92 Å². The topological polar surface area (TPSA) is 52.6 Å². The first kappa shape index (κ1) is 12.5. The van der Waals surface area contributed by atoms with E-state index in [0.29, 0.717) is 6.54 Å². The zero-order valence-electron chi connectivity index (χ0n) is 9.92. The highest BCUT2D eigenvalue weighted by Gasteiger charge is 2.29. The Morgan fingerprint density at radius 1 is 1.53 bits per heavy atom.